The zero-order chi connectivity index (χ0) is 12.2. The van der Waals surface area contributed by atoms with Crippen molar-refractivity contribution in [3.05, 3.63) is 22.1 Å². The number of aliphatic hydroxyl groups excluding tert-OH is 2. The second kappa shape index (κ2) is 3.52. The first-order valence-corrected chi connectivity index (χ1v) is 5.32. The van der Waals surface area contributed by atoms with Crippen LogP contribution >= 0.6 is 0 Å². The summed E-state index contributed by atoms with van der Waals surface area (Å²) in [5.41, 5.74) is 0.118. The Balaban J connectivity index is 2.02. The molecule has 0 aliphatic carbocycles. The molecule has 0 radical (unpaired) electrons. The molecule has 0 spiro atoms. The molecule has 4 atom stereocenters. The molecule has 1 fully saturated rings. The normalized spacial score (nSPS) is 34.3. The maximum Gasteiger partial charge on any atom is 0.302 e. The largest absolute Gasteiger partial charge is 0.453 e. The topological polar surface area (TPSA) is 93.8 Å². The minimum Gasteiger partial charge on any atom is -0.453 e. The van der Waals surface area contributed by atoms with Crippen molar-refractivity contribution in [3.63, 3.8) is 0 Å². The van der Waals surface area contributed by atoms with E-state index >= 15 is 0 Å². The maximum absolute atomic E-state index is 11.4. The highest BCUT2D eigenvalue weighted by molar-refractivity contribution is 5.15. The minimum atomic E-state index is -0.929. The number of fused-ring (bicyclic) bond motifs is 3. The third kappa shape index (κ3) is 1.40. The van der Waals surface area contributed by atoms with Crippen LogP contribution in [0.1, 0.15) is 11.8 Å². The predicted octanol–water partition coefficient (Wildman–Crippen LogP) is -1.44. The van der Waals surface area contributed by atoms with Crippen molar-refractivity contribution >= 4 is 0 Å². The summed E-state index contributed by atoms with van der Waals surface area (Å²) in [6, 6.07) is 0.144. The third-order valence-electron chi connectivity index (χ3n) is 3.10. The molecule has 1 aromatic rings. The molecule has 7 nitrogen and oxygen atoms in total. The van der Waals surface area contributed by atoms with Crippen LogP contribution in [0.2, 0.25) is 0 Å². The number of hydrogen-bond acceptors (Lipinski definition) is 6. The van der Waals surface area contributed by atoms with Crippen LogP contribution in [0.25, 0.3) is 0 Å². The second-order valence-electron chi connectivity index (χ2n) is 4.24. The quantitative estimate of drug-likeness (QED) is 0.624. The summed E-state index contributed by atoms with van der Waals surface area (Å²) in [7, 11) is 0. The maximum atomic E-state index is 11.4. The minimum absolute atomic E-state index is 0.144. The van der Waals surface area contributed by atoms with Gasteiger partial charge in [0.25, 0.3) is 5.56 Å². The fraction of sp³-hybridized carbons (Fsp3) is 0.600. The smallest absolute Gasteiger partial charge is 0.302 e. The van der Waals surface area contributed by atoms with Crippen LogP contribution in [0.15, 0.2) is 11.0 Å². The molecule has 1 aromatic heterocycles. The molecule has 7 heteroatoms. The molecule has 2 aliphatic rings. The first kappa shape index (κ1) is 10.7. The van der Waals surface area contributed by atoms with Gasteiger partial charge in [0.2, 0.25) is 0 Å². The van der Waals surface area contributed by atoms with Crippen molar-refractivity contribution in [3.8, 4) is 6.01 Å². The highest BCUT2D eigenvalue weighted by Gasteiger charge is 2.50. The van der Waals surface area contributed by atoms with Gasteiger partial charge in [-0.25, -0.2) is 0 Å². The van der Waals surface area contributed by atoms with Crippen LogP contribution in [-0.2, 0) is 4.74 Å². The molecule has 92 valence electrons. The highest BCUT2D eigenvalue weighted by Crippen LogP contribution is 2.38. The molecular formula is C10H12N2O5. The lowest BCUT2D eigenvalue weighted by Gasteiger charge is -2.14. The van der Waals surface area contributed by atoms with Gasteiger partial charge in [-0.2, -0.15) is 4.98 Å². The summed E-state index contributed by atoms with van der Waals surface area (Å²) in [5.74, 6) is 0. The highest BCUT2D eigenvalue weighted by atomic mass is 16.6. The Morgan fingerprint density at radius 1 is 1.59 bits per heavy atom. The molecule has 2 N–H and O–H groups in total. The summed E-state index contributed by atoms with van der Waals surface area (Å²) < 4.78 is 12.4. The number of aromatic nitrogens is 2. The van der Waals surface area contributed by atoms with E-state index in [1.165, 1.54) is 0 Å². The Morgan fingerprint density at radius 3 is 3.06 bits per heavy atom. The van der Waals surface area contributed by atoms with Crippen molar-refractivity contribution < 1.29 is 19.7 Å². The summed E-state index contributed by atoms with van der Waals surface area (Å²) in [5, 5.41) is 18.9. The molecule has 0 aromatic carbocycles. The van der Waals surface area contributed by atoms with Crippen LogP contribution in [-0.4, -0.2) is 44.7 Å². The van der Waals surface area contributed by atoms with Gasteiger partial charge in [-0.1, -0.05) is 0 Å². The summed E-state index contributed by atoms with van der Waals surface area (Å²) in [6.07, 6.45) is -1.17. The molecule has 0 amide bonds. The van der Waals surface area contributed by atoms with E-state index < -0.39 is 24.5 Å². The van der Waals surface area contributed by atoms with Gasteiger partial charge in [-0.3, -0.25) is 9.36 Å². The average Bonchev–Trinajstić information content (AvgIpc) is 2.78. The SMILES string of the molecule is Cc1cn2c(nc1=O)O[C@H]1[C@H]2OC(CO)[C@@H]1O. The lowest BCUT2D eigenvalue weighted by Crippen LogP contribution is -2.34. The van der Waals surface area contributed by atoms with Crippen molar-refractivity contribution in [1.29, 1.82) is 0 Å². The summed E-state index contributed by atoms with van der Waals surface area (Å²) in [4.78, 5) is 15.1. The number of aryl methyl sites for hydroxylation is 1. The molecule has 2 aliphatic heterocycles. The first-order chi connectivity index (χ1) is 8.11. The van der Waals surface area contributed by atoms with E-state index in [1.807, 2.05) is 0 Å². The average molecular weight is 240 g/mol. The van der Waals surface area contributed by atoms with Gasteiger partial charge >= 0.3 is 6.01 Å². The Bertz CT molecular complexity index is 514. The third-order valence-corrected chi connectivity index (χ3v) is 3.10. The molecule has 3 rings (SSSR count). The molecule has 3 heterocycles. The summed E-state index contributed by atoms with van der Waals surface area (Å²) >= 11 is 0. The van der Waals surface area contributed by atoms with Crippen molar-refractivity contribution in [2.75, 3.05) is 6.61 Å². The Kier molecular flexibility index (Phi) is 2.22. The Labute approximate surface area is 96.2 Å². The van der Waals surface area contributed by atoms with E-state index in [1.54, 1.807) is 17.7 Å². The van der Waals surface area contributed by atoms with Crippen LogP contribution < -0.4 is 10.3 Å². The van der Waals surface area contributed by atoms with Gasteiger partial charge < -0.3 is 19.7 Å². The van der Waals surface area contributed by atoms with E-state index in [-0.39, 0.29) is 18.2 Å². The zero-order valence-electron chi connectivity index (χ0n) is 9.11. The standard InChI is InChI=1S/C10H12N2O5/c1-4-2-12-9-7(6(14)5(3-13)16-9)17-10(12)11-8(4)15/h2,5-7,9,13-14H,3H2,1H3/t5?,6-,7+,9+/m0/s1. The molecule has 1 saturated heterocycles. The van der Waals surface area contributed by atoms with Crippen molar-refractivity contribution in [2.45, 2.75) is 31.5 Å². The van der Waals surface area contributed by atoms with E-state index in [2.05, 4.69) is 4.98 Å². The lowest BCUT2D eigenvalue weighted by molar-refractivity contribution is -0.0435. The van der Waals surface area contributed by atoms with E-state index in [9.17, 15) is 9.90 Å². The van der Waals surface area contributed by atoms with Crippen LogP contribution in [0.3, 0.4) is 0 Å². The van der Waals surface area contributed by atoms with E-state index in [0.717, 1.165) is 0 Å². The van der Waals surface area contributed by atoms with E-state index in [0.29, 0.717) is 5.56 Å². The molecule has 1 unspecified atom stereocenters. The predicted molar refractivity (Wildman–Crippen MR) is 54.7 cm³/mol. The second-order valence-corrected chi connectivity index (χ2v) is 4.24. The van der Waals surface area contributed by atoms with Crippen LogP contribution in [0, 0.1) is 6.92 Å². The monoisotopic (exact) mass is 240 g/mol. The fourth-order valence-electron chi connectivity index (χ4n) is 2.16. The van der Waals surface area contributed by atoms with Crippen LogP contribution in [0.5, 0.6) is 6.01 Å². The van der Waals surface area contributed by atoms with Crippen molar-refractivity contribution in [1.82, 2.24) is 9.55 Å². The Morgan fingerprint density at radius 2 is 2.35 bits per heavy atom. The van der Waals surface area contributed by atoms with Gasteiger partial charge in [-0.05, 0) is 6.92 Å². The molecular weight excluding hydrogens is 228 g/mol. The first-order valence-electron chi connectivity index (χ1n) is 5.32. The lowest BCUT2D eigenvalue weighted by atomic mass is 10.1. The molecule has 0 saturated carbocycles. The van der Waals surface area contributed by atoms with Crippen LogP contribution in [0.4, 0.5) is 0 Å². The van der Waals surface area contributed by atoms with Gasteiger partial charge in [0.1, 0.15) is 12.2 Å². The molecule has 17 heavy (non-hydrogen) atoms. The Hall–Kier alpha value is -1.44. The number of hydrogen-bond donors (Lipinski definition) is 2. The molecule has 0 bridgehead atoms. The van der Waals surface area contributed by atoms with Gasteiger partial charge in [0.15, 0.2) is 12.3 Å². The van der Waals surface area contributed by atoms with Gasteiger partial charge in [0, 0.05) is 11.8 Å². The number of rotatable bonds is 1. The van der Waals surface area contributed by atoms with Gasteiger partial charge in [0.05, 0.1) is 6.61 Å². The van der Waals surface area contributed by atoms with Crippen molar-refractivity contribution in [2.24, 2.45) is 0 Å². The summed E-state index contributed by atoms with van der Waals surface area (Å²) in [6.45, 7) is 1.37. The number of nitrogens with zero attached hydrogens (tertiary/aromatic N) is 2. The zero-order valence-corrected chi connectivity index (χ0v) is 9.11. The number of aliphatic hydroxyl groups is 2. The fourth-order valence-corrected chi connectivity index (χ4v) is 2.16. The van der Waals surface area contributed by atoms with Gasteiger partial charge in [-0.15, -0.1) is 0 Å². The van der Waals surface area contributed by atoms with E-state index in [4.69, 9.17) is 14.6 Å². The number of ether oxygens (including phenoxy) is 2.